The summed E-state index contributed by atoms with van der Waals surface area (Å²) >= 11 is 0. The van der Waals surface area contributed by atoms with Gasteiger partial charge >= 0.3 is 6.09 Å². The van der Waals surface area contributed by atoms with E-state index in [0.717, 1.165) is 39.0 Å². The van der Waals surface area contributed by atoms with Gasteiger partial charge in [0.2, 0.25) is 0 Å². The molecule has 1 fully saturated rings. The van der Waals surface area contributed by atoms with Gasteiger partial charge in [-0.1, -0.05) is 12.1 Å². The number of amides is 2. The van der Waals surface area contributed by atoms with Crippen LogP contribution in [0.2, 0.25) is 0 Å². The number of hydrogen-bond donors (Lipinski definition) is 3. The maximum Gasteiger partial charge on any atom is 0.410 e. The zero-order valence-corrected chi connectivity index (χ0v) is 20.9. The van der Waals surface area contributed by atoms with Crippen molar-refractivity contribution in [3.8, 4) is 5.75 Å². The van der Waals surface area contributed by atoms with E-state index in [0.29, 0.717) is 50.0 Å². The number of anilines is 2. The van der Waals surface area contributed by atoms with E-state index in [9.17, 15) is 9.59 Å². The smallest absolute Gasteiger partial charge is 0.410 e. The number of nitrogens with one attached hydrogen (secondary N) is 2. The summed E-state index contributed by atoms with van der Waals surface area (Å²) in [5.74, 6) is 1.55. The topological polar surface area (TPSA) is 137 Å². The lowest BCUT2D eigenvalue weighted by molar-refractivity contribution is 0.0946. The van der Waals surface area contributed by atoms with Crippen LogP contribution in [0.1, 0.15) is 33.0 Å². The lowest BCUT2D eigenvalue weighted by Crippen LogP contribution is -2.23. The molecular weight excluding hydrogens is 486 g/mol. The van der Waals surface area contributed by atoms with Crippen molar-refractivity contribution >= 4 is 34.3 Å². The fourth-order valence-electron chi connectivity index (χ4n) is 4.88. The number of carbonyl (C=O) groups is 2. The first-order valence-corrected chi connectivity index (χ1v) is 12.3. The zero-order chi connectivity index (χ0) is 26.2. The molecule has 2 amide bonds. The molecule has 4 N–H and O–H groups in total. The van der Waals surface area contributed by atoms with Crippen LogP contribution >= 0.6 is 0 Å². The van der Waals surface area contributed by atoms with Gasteiger partial charge in [-0.25, -0.2) is 14.8 Å². The molecule has 11 nitrogen and oxygen atoms in total. The number of hydrogen-bond acceptors (Lipinski definition) is 8. The highest BCUT2D eigenvalue weighted by Gasteiger charge is 2.23. The van der Waals surface area contributed by atoms with Gasteiger partial charge in [-0.05, 0) is 40.8 Å². The van der Waals surface area contributed by atoms with E-state index in [1.165, 1.54) is 0 Å². The molecule has 0 atom stereocenters. The molecule has 0 aliphatic carbocycles. The highest BCUT2D eigenvalue weighted by atomic mass is 16.6. The van der Waals surface area contributed by atoms with Crippen molar-refractivity contribution in [2.75, 3.05) is 31.3 Å². The van der Waals surface area contributed by atoms with Crippen LogP contribution in [0, 0.1) is 0 Å². The Morgan fingerprint density at radius 1 is 1.26 bits per heavy atom. The molecule has 4 heterocycles. The summed E-state index contributed by atoms with van der Waals surface area (Å²) in [5, 5.41) is 8.10. The Morgan fingerprint density at radius 2 is 2.16 bits per heavy atom. The second kappa shape index (κ2) is 9.58. The number of nitrogens with zero attached hydrogens (tertiary/aromatic N) is 4. The quantitative estimate of drug-likeness (QED) is 0.358. The van der Waals surface area contributed by atoms with E-state index >= 15 is 0 Å². The molecule has 0 spiro atoms. The molecule has 4 aromatic rings. The van der Waals surface area contributed by atoms with Crippen LogP contribution in [0.15, 0.2) is 48.8 Å². The van der Waals surface area contributed by atoms with E-state index < -0.39 is 0 Å². The average molecular weight is 514 g/mol. The molecule has 11 heteroatoms. The third kappa shape index (κ3) is 4.42. The molecule has 2 aromatic heterocycles. The summed E-state index contributed by atoms with van der Waals surface area (Å²) in [5.41, 5.74) is 10.3. The number of fused-ring (bicyclic) bond motifs is 3. The second-order valence-electron chi connectivity index (χ2n) is 9.32. The number of benzene rings is 2. The van der Waals surface area contributed by atoms with Crippen LogP contribution in [0.25, 0.3) is 10.8 Å². The minimum Gasteiger partial charge on any atom is -0.496 e. The largest absolute Gasteiger partial charge is 0.496 e. The monoisotopic (exact) mass is 513 g/mol. The highest BCUT2D eigenvalue weighted by molar-refractivity contribution is 5.94. The molecule has 0 bridgehead atoms. The van der Waals surface area contributed by atoms with Gasteiger partial charge in [-0.3, -0.25) is 4.79 Å². The number of nitrogen functional groups attached to an aromatic ring is 1. The van der Waals surface area contributed by atoms with Gasteiger partial charge < -0.3 is 35.3 Å². The number of methoxy groups -OCH3 is 1. The Kier molecular flexibility index (Phi) is 5.95. The van der Waals surface area contributed by atoms with Gasteiger partial charge in [-0.2, -0.15) is 0 Å². The molecule has 0 unspecified atom stereocenters. The molecule has 38 heavy (non-hydrogen) atoms. The van der Waals surface area contributed by atoms with Crippen molar-refractivity contribution < 1.29 is 19.1 Å². The predicted molar refractivity (Wildman–Crippen MR) is 141 cm³/mol. The molecule has 194 valence electrons. The maximum absolute atomic E-state index is 13.0. The highest BCUT2D eigenvalue weighted by Crippen LogP contribution is 2.29. The predicted octanol–water partition coefficient (Wildman–Crippen LogP) is 2.88. The van der Waals surface area contributed by atoms with E-state index in [4.69, 9.17) is 15.2 Å². The number of ether oxygens (including phenoxy) is 2. The third-order valence-electron chi connectivity index (χ3n) is 6.90. The lowest BCUT2D eigenvalue weighted by Gasteiger charge is -2.15. The maximum atomic E-state index is 13.0. The van der Waals surface area contributed by atoms with Gasteiger partial charge in [0.25, 0.3) is 5.91 Å². The molecule has 1 saturated heterocycles. The summed E-state index contributed by atoms with van der Waals surface area (Å²) in [6.07, 6.45) is 3.15. The van der Waals surface area contributed by atoms with Gasteiger partial charge in [0.15, 0.2) is 0 Å². The summed E-state index contributed by atoms with van der Waals surface area (Å²) in [7, 11) is 1.58. The summed E-state index contributed by atoms with van der Waals surface area (Å²) < 4.78 is 12.5. The molecule has 6 rings (SSSR count). The molecule has 2 aromatic carbocycles. The van der Waals surface area contributed by atoms with Crippen molar-refractivity contribution in [3.05, 3.63) is 77.0 Å². The summed E-state index contributed by atoms with van der Waals surface area (Å²) in [4.78, 5) is 35.2. The summed E-state index contributed by atoms with van der Waals surface area (Å²) in [6.45, 7) is 2.87. The minimum absolute atomic E-state index is 0.268. The van der Waals surface area contributed by atoms with Crippen LogP contribution < -0.4 is 21.1 Å². The van der Waals surface area contributed by atoms with Gasteiger partial charge in [0.1, 0.15) is 29.7 Å². The number of pyridine rings is 1. The molecule has 2 aliphatic rings. The molecule has 2 aliphatic heterocycles. The standard InChI is InChI=1S/C27H27N7O4/c1-37-23-10-20-17(4-5-29-25(20)28)9-19(23)11-31-26(35)22-15-34-14-18-3-2-16(13-33-6-7-38-27(33)36)8-21(18)30-12-24(34)32-22/h2-5,8-10,15,30H,6-7,11-14H2,1H3,(H2,28,29)(H,31,35). The molecular formula is C27H27N7O4. The fraction of sp³-hybridized carbons (Fsp3) is 0.259. The number of nitrogens with two attached hydrogens (primary N) is 1. The normalized spacial score (nSPS) is 14.3. The van der Waals surface area contributed by atoms with Crippen molar-refractivity contribution in [2.45, 2.75) is 26.2 Å². The number of imidazole rings is 1. The SMILES string of the molecule is COc1cc2c(N)nccc2cc1CNC(=O)c1cn2c(n1)CNc1cc(CN3CCOC3=O)ccc1C2. The Morgan fingerprint density at radius 3 is 2.97 bits per heavy atom. The Labute approximate surface area is 218 Å². The Balaban J connectivity index is 1.15. The van der Waals surface area contributed by atoms with Gasteiger partial charge in [0.05, 0.1) is 26.7 Å². The number of cyclic esters (lactones) is 1. The number of aromatic nitrogens is 3. The van der Waals surface area contributed by atoms with E-state index in [1.807, 2.05) is 34.9 Å². The van der Waals surface area contributed by atoms with Crippen molar-refractivity contribution in [3.63, 3.8) is 0 Å². The van der Waals surface area contributed by atoms with Crippen LogP contribution in [-0.4, -0.2) is 51.7 Å². The van der Waals surface area contributed by atoms with Crippen molar-refractivity contribution in [2.24, 2.45) is 0 Å². The molecule has 0 radical (unpaired) electrons. The van der Waals surface area contributed by atoms with E-state index in [-0.39, 0.29) is 18.5 Å². The molecule has 0 saturated carbocycles. The third-order valence-corrected chi connectivity index (χ3v) is 6.90. The van der Waals surface area contributed by atoms with Gasteiger partial charge in [0, 0.05) is 42.1 Å². The van der Waals surface area contributed by atoms with Crippen LogP contribution in [0.3, 0.4) is 0 Å². The first kappa shape index (κ1) is 23.6. The first-order valence-electron chi connectivity index (χ1n) is 12.3. The van der Waals surface area contributed by atoms with Gasteiger partial charge in [-0.15, -0.1) is 0 Å². The fourth-order valence-corrected chi connectivity index (χ4v) is 4.88. The average Bonchev–Trinajstić information content (AvgIpc) is 3.47. The number of carbonyl (C=O) groups excluding carboxylic acids is 2. The Hall–Kier alpha value is -4.80. The second-order valence-corrected chi connectivity index (χ2v) is 9.32. The van der Waals surface area contributed by atoms with E-state index in [1.54, 1.807) is 24.4 Å². The summed E-state index contributed by atoms with van der Waals surface area (Å²) in [6, 6.07) is 11.8. The first-order chi connectivity index (χ1) is 18.5. The van der Waals surface area contributed by atoms with Crippen LogP contribution in [-0.2, 0) is 30.9 Å². The number of rotatable bonds is 6. The zero-order valence-electron chi connectivity index (χ0n) is 20.9. The Bertz CT molecular complexity index is 1560. The lowest BCUT2D eigenvalue weighted by atomic mass is 10.1. The van der Waals surface area contributed by atoms with Crippen LogP contribution in [0.5, 0.6) is 5.75 Å². The van der Waals surface area contributed by atoms with Crippen LogP contribution in [0.4, 0.5) is 16.3 Å². The van der Waals surface area contributed by atoms with E-state index in [2.05, 4.69) is 26.7 Å². The minimum atomic E-state index is -0.278. The van der Waals surface area contributed by atoms with Crippen molar-refractivity contribution in [1.29, 1.82) is 0 Å². The van der Waals surface area contributed by atoms with Crippen molar-refractivity contribution in [1.82, 2.24) is 24.8 Å².